The van der Waals surface area contributed by atoms with E-state index in [1.165, 1.54) is 36.9 Å². The van der Waals surface area contributed by atoms with Gasteiger partial charge in [0.1, 0.15) is 5.75 Å². The second-order valence-corrected chi connectivity index (χ2v) is 12.1. The highest BCUT2D eigenvalue weighted by molar-refractivity contribution is 5.89. The van der Waals surface area contributed by atoms with Gasteiger partial charge in [-0.1, -0.05) is 115 Å². The lowest BCUT2D eigenvalue weighted by Crippen LogP contribution is -2.13. The van der Waals surface area contributed by atoms with Gasteiger partial charge >= 0.3 is 5.97 Å². The third-order valence-corrected chi connectivity index (χ3v) is 7.21. The van der Waals surface area contributed by atoms with Crippen LogP contribution < -0.4 is 10.1 Å². The number of ether oxygens (including phenoxy) is 2. The normalized spacial score (nSPS) is 12.3. The predicted molar refractivity (Wildman–Crippen MR) is 195 cm³/mol. The number of nitrogens with one attached hydrogen (secondary N) is 1. The van der Waals surface area contributed by atoms with Gasteiger partial charge in [-0.05, 0) is 94.0 Å². The zero-order valence-electron chi connectivity index (χ0n) is 29.6. The van der Waals surface area contributed by atoms with E-state index in [4.69, 9.17) is 9.47 Å². The highest BCUT2D eigenvalue weighted by Crippen LogP contribution is 2.24. The Labute approximate surface area is 276 Å². The molecule has 0 aliphatic heterocycles. The van der Waals surface area contributed by atoms with E-state index in [0.717, 1.165) is 68.9 Å². The van der Waals surface area contributed by atoms with Crippen LogP contribution >= 0.6 is 0 Å². The molecule has 0 saturated carbocycles. The maximum absolute atomic E-state index is 12.1. The lowest BCUT2D eigenvalue weighted by atomic mass is 9.91. The summed E-state index contributed by atoms with van der Waals surface area (Å²) in [5, 5.41) is 3.52. The average Bonchev–Trinajstić information content (AvgIpc) is 3.02. The third-order valence-electron chi connectivity index (χ3n) is 7.21. The molecule has 4 nitrogen and oxygen atoms in total. The lowest BCUT2D eigenvalue weighted by molar-refractivity contribution is 0.0526. The largest absolute Gasteiger partial charge is 0.493 e. The van der Waals surface area contributed by atoms with Gasteiger partial charge in [0, 0.05) is 17.8 Å². The standard InChI is InChI=1S/C38H55NO3.C3H8/c1-6-16-36(17-7-2)39-28-14-9-15-29-42-37-21-13-12-20-34(37)25-22-32(19-11-10-18-31(4)5)30-33-23-26-35(27-24-33)38(40)41-8-3;1-3-2/h6,12-13,16-17,20-27,31-32,39H,7-11,14-15,18-19,28-30H2,1-5H3;3H2,1-2H3/b16-6-,25-22+,36-17+;. The zero-order valence-corrected chi connectivity index (χ0v) is 29.6. The van der Waals surface area contributed by atoms with Gasteiger partial charge in [0.05, 0.1) is 18.8 Å². The number of carbonyl (C=O) groups is 1. The van der Waals surface area contributed by atoms with E-state index in [1.807, 2.05) is 25.1 Å². The molecule has 0 aromatic heterocycles. The Balaban J connectivity index is 0.00000324. The van der Waals surface area contributed by atoms with Gasteiger partial charge in [0.2, 0.25) is 0 Å². The molecule has 45 heavy (non-hydrogen) atoms. The molecule has 1 atom stereocenters. The first-order valence-corrected chi connectivity index (χ1v) is 17.6. The van der Waals surface area contributed by atoms with Crippen LogP contribution in [-0.2, 0) is 11.2 Å². The quantitative estimate of drug-likeness (QED) is 0.0860. The van der Waals surface area contributed by atoms with Crippen LogP contribution in [0.5, 0.6) is 5.75 Å². The first kappa shape index (κ1) is 39.8. The maximum Gasteiger partial charge on any atom is 0.338 e. The van der Waals surface area contributed by atoms with Crippen LogP contribution in [0.4, 0.5) is 0 Å². The fourth-order valence-corrected chi connectivity index (χ4v) is 4.93. The SMILES string of the molecule is C/C=C\C(=C/CC)NCCCCCOc1ccccc1/C=C/C(CCCCC(C)C)Cc1ccc(C(=O)OCC)cc1.CCC. The summed E-state index contributed by atoms with van der Waals surface area (Å²) in [4.78, 5) is 12.1. The van der Waals surface area contributed by atoms with Crippen LogP contribution in [0.3, 0.4) is 0 Å². The topological polar surface area (TPSA) is 47.6 Å². The van der Waals surface area contributed by atoms with E-state index in [9.17, 15) is 4.79 Å². The Morgan fingerprint density at radius 3 is 2.27 bits per heavy atom. The number of benzene rings is 2. The Morgan fingerprint density at radius 2 is 1.60 bits per heavy atom. The summed E-state index contributed by atoms with van der Waals surface area (Å²) in [6.45, 7) is 17.0. The molecule has 2 rings (SSSR count). The fourth-order valence-electron chi connectivity index (χ4n) is 4.93. The fraction of sp³-hybridized carbons (Fsp3) is 0.537. The minimum atomic E-state index is -0.259. The molecule has 0 bridgehead atoms. The number of hydrogen-bond acceptors (Lipinski definition) is 4. The first-order valence-electron chi connectivity index (χ1n) is 17.6. The number of carbonyl (C=O) groups excluding carboxylic acids is 1. The Bertz CT molecular complexity index is 1110. The number of rotatable bonds is 21. The highest BCUT2D eigenvalue weighted by Gasteiger charge is 2.11. The van der Waals surface area contributed by atoms with Crippen molar-refractivity contribution in [2.24, 2.45) is 11.8 Å². The maximum atomic E-state index is 12.1. The highest BCUT2D eigenvalue weighted by atomic mass is 16.5. The van der Waals surface area contributed by atoms with Gasteiger partial charge in [-0.25, -0.2) is 4.79 Å². The number of para-hydroxylation sites is 1. The molecular weight excluding hydrogens is 554 g/mol. The molecule has 0 amide bonds. The van der Waals surface area contributed by atoms with Crippen LogP contribution in [0, 0.1) is 11.8 Å². The predicted octanol–water partition coefficient (Wildman–Crippen LogP) is 11.4. The van der Waals surface area contributed by atoms with Crippen molar-refractivity contribution in [1.29, 1.82) is 0 Å². The summed E-state index contributed by atoms with van der Waals surface area (Å²) in [7, 11) is 0. The molecular formula is C41H63NO3. The van der Waals surface area contributed by atoms with Gasteiger partial charge in [-0.15, -0.1) is 0 Å². The van der Waals surface area contributed by atoms with E-state index >= 15 is 0 Å². The van der Waals surface area contributed by atoms with Gasteiger partial charge < -0.3 is 14.8 Å². The Kier molecular flexibility index (Phi) is 23.0. The van der Waals surface area contributed by atoms with Gasteiger partial charge in [0.25, 0.3) is 0 Å². The van der Waals surface area contributed by atoms with Crippen molar-refractivity contribution in [3.63, 3.8) is 0 Å². The van der Waals surface area contributed by atoms with Crippen molar-refractivity contribution in [2.75, 3.05) is 19.8 Å². The number of unbranched alkanes of at least 4 members (excludes halogenated alkanes) is 3. The van der Waals surface area contributed by atoms with Gasteiger partial charge in [-0.2, -0.15) is 0 Å². The van der Waals surface area contributed by atoms with Crippen LogP contribution in [0.1, 0.15) is 128 Å². The van der Waals surface area contributed by atoms with Crippen molar-refractivity contribution >= 4 is 12.0 Å². The Morgan fingerprint density at radius 1 is 0.889 bits per heavy atom. The minimum Gasteiger partial charge on any atom is -0.493 e. The van der Waals surface area contributed by atoms with Gasteiger partial charge in [0.15, 0.2) is 0 Å². The third kappa shape index (κ3) is 19.0. The molecule has 4 heteroatoms. The monoisotopic (exact) mass is 617 g/mol. The smallest absolute Gasteiger partial charge is 0.338 e. The summed E-state index contributed by atoms with van der Waals surface area (Å²) in [5.74, 6) is 1.85. The van der Waals surface area contributed by atoms with Crippen molar-refractivity contribution in [3.05, 3.63) is 95.2 Å². The van der Waals surface area contributed by atoms with E-state index in [0.29, 0.717) is 18.1 Å². The molecule has 0 radical (unpaired) electrons. The Hall–Kier alpha value is -3.27. The molecule has 0 aliphatic rings. The summed E-state index contributed by atoms with van der Waals surface area (Å²) >= 11 is 0. The molecule has 2 aromatic rings. The molecule has 0 spiro atoms. The van der Waals surface area contributed by atoms with Crippen LogP contribution in [0.25, 0.3) is 6.08 Å². The molecule has 1 N–H and O–H groups in total. The van der Waals surface area contributed by atoms with Crippen molar-refractivity contribution in [1.82, 2.24) is 5.32 Å². The zero-order chi connectivity index (χ0) is 33.1. The molecule has 0 heterocycles. The number of esters is 1. The van der Waals surface area contributed by atoms with E-state index < -0.39 is 0 Å². The van der Waals surface area contributed by atoms with E-state index in [1.54, 1.807) is 0 Å². The summed E-state index contributed by atoms with van der Waals surface area (Å²) in [6, 6.07) is 16.2. The summed E-state index contributed by atoms with van der Waals surface area (Å²) in [6.07, 6.45) is 22.4. The molecule has 2 aromatic carbocycles. The first-order chi connectivity index (χ1) is 21.9. The molecule has 1 unspecified atom stereocenters. The second-order valence-electron chi connectivity index (χ2n) is 12.1. The number of hydrogen-bond donors (Lipinski definition) is 1. The van der Waals surface area contributed by atoms with E-state index in [2.05, 4.69) is 108 Å². The lowest BCUT2D eigenvalue weighted by Gasteiger charge is -2.15. The molecule has 0 fully saturated rings. The van der Waals surface area contributed by atoms with Crippen molar-refractivity contribution in [2.45, 2.75) is 113 Å². The van der Waals surface area contributed by atoms with Crippen molar-refractivity contribution in [3.8, 4) is 5.75 Å². The summed E-state index contributed by atoms with van der Waals surface area (Å²) in [5.41, 5.74) is 4.19. The van der Waals surface area contributed by atoms with Crippen molar-refractivity contribution < 1.29 is 14.3 Å². The molecule has 0 saturated heterocycles. The summed E-state index contributed by atoms with van der Waals surface area (Å²) < 4.78 is 11.4. The molecule has 0 aliphatic carbocycles. The molecule has 250 valence electrons. The average molecular weight is 618 g/mol. The number of allylic oxidation sites excluding steroid dienone is 4. The van der Waals surface area contributed by atoms with E-state index in [-0.39, 0.29) is 5.97 Å². The van der Waals surface area contributed by atoms with Crippen LogP contribution in [0.2, 0.25) is 0 Å². The van der Waals surface area contributed by atoms with Crippen LogP contribution in [-0.4, -0.2) is 25.7 Å². The van der Waals surface area contributed by atoms with Crippen LogP contribution in [0.15, 0.2) is 78.5 Å². The minimum absolute atomic E-state index is 0.259. The van der Waals surface area contributed by atoms with Gasteiger partial charge in [-0.3, -0.25) is 0 Å². The second kappa shape index (κ2) is 26.0.